The maximum atomic E-state index is 2.56. The summed E-state index contributed by atoms with van der Waals surface area (Å²) < 4.78 is 0. The number of fused-ring (bicyclic) bond motifs is 9. The zero-order valence-electron chi connectivity index (χ0n) is 9.43. The second-order valence-electron chi connectivity index (χ2n) is 6.21. The monoisotopic (exact) mass is 220 g/mol. The van der Waals surface area contributed by atoms with Crippen LogP contribution in [0.1, 0.15) is 19.3 Å². The molecule has 0 saturated heterocycles. The summed E-state index contributed by atoms with van der Waals surface area (Å²) in [6.45, 7) is 0. The lowest BCUT2D eigenvalue weighted by Gasteiger charge is -2.36. The van der Waals surface area contributed by atoms with Crippen molar-refractivity contribution < 1.29 is 0 Å². The van der Waals surface area contributed by atoms with Gasteiger partial charge in [-0.05, 0) is 72.7 Å². The van der Waals surface area contributed by atoms with Crippen LogP contribution in [-0.4, -0.2) is 12.0 Å². The van der Waals surface area contributed by atoms with Gasteiger partial charge in [-0.3, -0.25) is 0 Å². The molecule has 0 aromatic carbocycles. The molecule has 7 unspecified atom stereocenters. The number of thioether (sulfide) groups is 1. The SMILES string of the molecule is CSCC1CC2CC1C1C3C=CC(C3)C21. The van der Waals surface area contributed by atoms with Gasteiger partial charge in [-0.15, -0.1) is 0 Å². The maximum absolute atomic E-state index is 2.56. The second-order valence-corrected chi connectivity index (χ2v) is 7.12. The largest absolute Gasteiger partial charge is 0.165 e. The lowest BCUT2D eigenvalue weighted by atomic mass is 9.70. The average molecular weight is 220 g/mol. The van der Waals surface area contributed by atoms with Crippen molar-refractivity contribution in [3.8, 4) is 0 Å². The van der Waals surface area contributed by atoms with Gasteiger partial charge in [0.15, 0.2) is 0 Å². The highest BCUT2D eigenvalue weighted by Crippen LogP contribution is 2.67. The van der Waals surface area contributed by atoms with E-state index in [1.807, 2.05) is 0 Å². The molecule has 4 rings (SSSR count). The van der Waals surface area contributed by atoms with E-state index < -0.39 is 0 Å². The number of hydrogen-bond donors (Lipinski definition) is 0. The standard InChI is InChI=1S/C14H20S/c1-15-7-11-5-10-6-12(11)14-9-3-2-8(4-9)13(10)14/h2-3,8-14H,4-7H2,1H3. The van der Waals surface area contributed by atoms with Crippen LogP contribution in [0.15, 0.2) is 12.2 Å². The minimum Gasteiger partial charge on any atom is -0.165 e. The third kappa shape index (κ3) is 1.06. The van der Waals surface area contributed by atoms with Crippen LogP contribution in [0.2, 0.25) is 0 Å². The summed E-state index contributed by atoms with van der Waals surface area (Å²) in [6, 6.07) is 0. The van der Waals surface area contributed by atoms with Crippen LogP contribution in [-0.2, 0) is 0 Å². The summed E-state index contributed by atoms with van der Waals surface area (Å²) in [5.74, 6) is 9.01. The topological polar surface area (TPSA) is 0 Å². The van der Waals surface area contributed by atoms with Crippen LogP contribution in [0.4, 0.5) is 0 Å². The van der Waals surface area contributed by atoms with E-state index in [0.717, 1.165) is 41.4 Å². The first-order valence-electron chi connectivity index (χ1n) is 6.55. The number of rotatable bonds is 2. The van der Waals surface area contributed by atoms with Crippen molar-refractivity contribution >= 4 is 11.8 Å². The van der Waals surface area contributed by atoms with Gasteiger partial charge >= 0.3 is 0 Å². The minimum atomic E-state index is 1.000. The van der Waals surface area contributed by atoms with Crippen LogP contribution in [0, 0.1) is 41.4 Å². The molecular formula is C14H20S. The molecule has 0 heterocycles. The Hall–Kier alpha value is 0.0900. The third-order valence-electron chi connectivity index (χ3n) is 5.79. The number of hydrogen-bond acceptors (Lipinski definition) is 1. The smallest absolute Gasteiger partial charge is 0.00390 e. The van der Waals surface area contributed by atoms with Gasteiger partial charge in [0.25, 0.3) is 0 Å². The molecule has 0 amide bonds. The fourth-order valence-electron chi connectivity index (χ4n) is 5.56. The van der Waals surface area contributed by atoms with Crippen LogP contribution >= 0.6 is 11.8 Å². The minimum absolute atomic E-state index is 1.000. The zero-order chi connectivity index (χ0) is 9.99. The number of allylic oxidation sites excluding steroid dienone is 2. The van der Waals surface area contributed by atoms with Gasteiger partial charge in [-0.2, -0.15) is 11.8 Å². The summed E-state index contributed by atoms with van der Waals surface area (Å²) >= 11 is 2.07. The van der Waals surface area contributed by atoms with Gasteiger partial charge in [0, 0.05) is 0 Å². The first-order valence-corrected chi connectivity index (χ1v) is 7.95. The van der Waals surface area contributed by atoms with E-state index in [1.165, 1.54) is 12.2 Å². The van der Waals surface area contributed by atoms with Gasteiger partial charge in [-0.25, -0.2) is 0 Å². The van der Waals surface area contributed by atoms with E-state index in [4.69, 9.17) is 0 Å². The van der Waals surface area contributed by atoms with Crippen molar-refractivity contribution in [2.24, 2.45) is 41.4 Å². The molecule has 0 N–H and O–H groups in total. The fraction of sp³-hybridized carbons (Fsp3) is 0.857. The van der Waals surface area contributed by atoms with Crippen molar-refractivity contribution in [2.45, 2.75) is 19.3 Å². The summed E-state index contributed by atoms with van der Waals surface area (Å²) in [4.78, 5) is 0. The van der Waals surface area contributed by atoms with E-state index in [1.54, 1.807) is 12.8 Å². The lowest BCUT2D eigenvalue weighted by Crippen LogP contribution is -2.31. The lowest BCUT2D eigenvalue weighted by molar-refractivity contribution is 0.162. The molecule has 0 aromatic heterocycles. The Labute approximate surface area is 96.9 Å². The maximum Gasteiger partial charge on any atom is -0.00390 e. The molecule has 3 fully saturated rings. The van der Waals surface area contributed by atoms with Gasteiger partial charge in [0.05, 0.1) is 0 Å². The molecule has 1 heteroatoms. The van der Waals surface area contributed by atoms with E-state index in [-0.39, 0.29) is 0 Å². The summed E-state index contributed by atoms with van der Waals surface area (Å²) in [6.07, 6.45) is 12.1. The zero-order valence-corrected chi connectivity index (χ0v) is 10.2. The Morgan fingerprint density at radius 3 is 2.67 bits per heavy atom. The van der Waals surface area contributed by atoms with Crippen LogP contribution in [0.3, 0.4) is 0 Å². The van der Waals surface area contributed by atoms with Gasteiger partial charge in [0.1, 0.15) is 0 Å². The average Bonchev–Trinajstić information content (AvgIpc) is 2.95. The van der Waals surface area contributed by atoms with E-state index in [9.17, 15) is 0 Å². The second kappa shape index (κ2) is 3.06. The van der Waals surface area contributed by atoms with Crippen LogP contribution < -0.4 is 0 Å². The van der Waals surface area contributed by atoms with Gasteiger partial charge < -0.3 is 0 Å². The van der Waals surface area contributed by atoms with Crippen molar-refractivity contribution in [1.29, 1.82) is 0 Å². The highest BCUT2D eigenvalue weighted by Gasteiger charge is 2.60. The van der Waals surface area contributed by atoms with Crippen molar-refractivity contribution in [1.82, 2.24) is 0 Å². The molecule has 4 bridgehead atoms. The third-order valence-corrected chi connectivity index (χ3v) is 6.55. The molecule has 4 aliphatic rings. The molecule has 15 heavy (non-hydrogen) atoms. The molecule has 0 nitrogen and oxygen atoms in total. The molecule has 0 aromatic rings. The quantitative estimate of drug-likeness (QED) is 0.507. The molecule has 4 aliphatic carbocycles. The van der Waals surface area contributed by atoms with E-state index in [0.29, 0.717) is 0 Å². The first kappa shape index (κ1) is 9.15. The molecule has 0 radical (unpaired) electrons. The van der Waals surface area contributed by atoms with Crippen molar-refractivity contribution in [3.63, 3.8) is 0 Å². The van der Waals surface area contributed by atoms with Crippen molar-refractivity contribution in [3.05, 3.63) is 12.2 Å². The Bertz CT molecular complexity index is 308. The van der Waals surface area contributed by atoms with Crippen molar-refractivity contribution in [2.75, 3.05) is 12.0 Å². The predicted octanol–water partition coefficient (Wildman–Crippen LogP) is 3.44. The molecule has 3 saturated carbocycles. The predicted molar refractivity (Wildman–Crippen MR) is 65.8 cm³/mol. The molecule has 0 spiro atoms. The molecular weight excluding hydrogens is 200 g/mol. The summed E-state index contributed by atoms with van der Waals surface area (Å²) in [5, 5.41) is 0. The van der Waals surface area contributed by atoms with Crippen LogP contribution in [0.5, 0.6) is 0 Å². The molecule has 82 valence electrons. The Kier molecular flexibility index (Phi) is 1.87. The normalized spacial score (nSPS) is 59.1. The van der Waals surface area contributed by atoms with E-state index >= 15 is 0 Å². The van der Waals surface area contributed by atoms with Crippen LogP contribution in [0.25, 0.3) is 0 Å². The summed E-state index contributed by atoms with van der Waals surface area (Å²) in [7, 11) is 0. The molecule has 7 atom stereocenters. The Morgan fingerprint density at radius 2 is 1.87 bits per heavy atom. The van der Waals surface area contributed by atoms with Gasteiger partial charge in [0.2, 0.25) is 0 Å². The summed E-state index contributed by atoms with van der Waals surface area (Å²) in [5.41, 5.74) is 0. The highest BCUT2D eigenvalue weighted by molar-refractivity contribution is 7.98. The fourth-order valence-corrected chi connectivity index (χ4v) is 6.37. The van der Waals surface area contributed by atoms with Gasteiger partial charge in [-0.1, -0.05) is 12.2 Å². The highest BCUT2D eigenvalue weighted by atomic mass is 32.2. The Balaban J connectivity index is 1.63. The first-order chi connectivity index (χ1) is 7.38. The Morgan fingerprint density at radius 1 is 1.07 bits per heavy atom. The molecule has 0 aliphatic heterocycles. The van der Waals surface area contributed by atoms with E-state index in [2.05, 4.69) is 30.2 Å².